The predicted molar refractivity (Wildman–Crippen MR) is 95.5 cm³/mol. The van der Waals surface area contributed by atoms with E-state index in [-0.39, 0.29) is 22.9 Å². The van der Waals surface area contributed by atoms with Gasteiger partial charge in [0.05, 0.1) is 11.4 Å². The summed E-state index contributed by atoms with van der Waals surface area (Å²) >= 11 is 1.23. The third-order valence-electron chi connectivity index (χ3n) is 4.46. The SMILES string of the molecule is CN(O)C1CN(c2nc3c(cc2F)c(=O)c(C(=O)O)cn3-c2nccs2)C1. The molecule has 4 rings (SSSR count). The summed E-state index contributed by atoms with van der Waals surface area (Å²) in [5, 5.41) is 21.8. The summed E-state index contributed by atoms with van der Waals surface area (Å²) in [5.74, 6) is -2.10. The number of fused-ring (bicyclic) bond motifs is 1. The van der Waals surface area contributed by atoms with Crippen LogP contribution in [0.4, 0.5) is 10.2 Å². The van der Waals surface area contributed by atoms with Crippen LogP contribution in [0.3, 0.4) is 0 Å². The average Bonchev–Trinajstić information content (AvgIpc) is 3.08. The fraction of sp³-hybridized carbons (Fsp3) is 0.250. The fourth-order valence-electron chi connectivity index (χ4n) is 2.93. The van der Waals surface area contributed by atoms with Gasteiger partial charge in [0.2, 0.25) is 5.43 Å². The molecule has 0 saturated carbocycles. The second-order valence-electron chi connectivity index (χ2n) is 6.16. The van der Waals surface area contributed by atoms with Crippen molar-refractivity contribution in [3.63, 3.8) is 0 Å². The van der Waals surface area contributed by atoms with E-state index in [2.05, 4.69) is 9.97 Å². The summed E-state index contributed by atoms with van der Waals surface area (Å²) in [6.07, 6.45) is 2.69. The average molecular weight is 391 g/mol. The van der Waals surface area contributed by atoms with E-state index in [4.69, 9.17) is 0 Å². The van der Waals surface area contributed by atoms with Crippen LogP contribution in [0, 0.1) is 5.82 Å². The Morgan fingerprint density at radius 2 is 2.19 bits per heavy atom. The first-order valence-electron chi connectivity index (χ1n) is 7.92. The monoisotopic (exact) mass is 391 g/mol. The van der Waals surface area contributed by atoms with Crippen LogP contribution in [-0.4, -0.2) is 62.1 Å². The van der Waals surface area contributed by atoms with Crippen molar-refractivity contribution in [3.8, 4) is 5.13 Å². The Labute approximate surface area is 155 Å². The van der Waals surface area contributed by atoms with E-state index < -0.39 is 22.8 Å². The van der Waals surface area contributed by atoms with Gasteiger partial charge in [0.15, 0.2) is 22.4 Å². The number of hydroxylamine groups is 2. The van der Waals surface area contributed by atoms with Gasteiger partial charge < -0.3 is 15.2 Å². The molecule has 3 aromatic rings. The predicted octanol–water partition coefficient (Wildman–Crippen LogP) is 1.19. The van der Waals surface area contributed by atoms with Gasteiger partial charge in [0.1, 0.15) is 5.56 Å². The maximum absolute atomic E-state index is 14.6. The van der Waals surface area contributed by atoms with Crippen LogP contribution < -0.4 is 10.3 Å². The van der Waals surface area contributed by atoms with Gasteiger partial charge in [-0.2, -0.15) is 5.06 Å². The van der Waals surface area contributed by atoms with Crippen molar-refractivity contribution in [2.75, 3.05) is 25.0 Å². The number of carbonyl (C=O) groups is 1. The van der Waals surface area contributed by atoms with E-state index in [9.17, 15) is 24.3 Å². The number of aromatic carboxylic acids is 1. The Morgan fingerprint density at radius 1 is 1.44 bits per heavy atom. The number of rotatable bonds is 4. The third kappa shape index (κ3) is 2.85. The van der Waals surface area contributed by atoms with E-state index in [1.807, 2.05) is 0 Å². The molecule has 3 aromatic heterocycles. The maximum Gasteiger partial charge on any atom is 0.341 e. The van der Waals surface area contributed by atoms with E-state index in [0.29, 0.717) is 18.2 Å². The topological polar surface area (TPSA) is 112 Å². The Hall–Kier alpha value is -2.89. The molecule has 0 spiro atoms. The van der Waals surface area contributed by atoms with Gasteiger partial charge in [-0.15, -0.1) is 11.3 Å². The number of nitrogens with zero attached hydrogens (tertiary/aromatic N) is 5. The highest BCUT2D eigenvalue weighted by atomic mass is 32.1. The molecule has 140 valence electrons. The lowest BCUT2D eigenvalue weighted by molar-refractivity contribution is -0.109. The highest BCUT2D eigenvalue weighted by Gasteiger charge is 2.33. The van der Waals surface area contributed by atoms with Gasteiger partial charge in [-0.05, 0) is 6.07 Å². The smallest absolute Gasteiger partial charge is 0.341 e. The van der Waals surface area contributed by atoms with Crippen LogP contribution in [0.2, 0.25) is 0 Å². The summed E-state index contributed by atoms with van der Waals surface area (Å²) in [7, 11) is 1.51. The minimum absolute atomic E-state index is 0.0355. The number of pyridine rings is 2. The lowest BCUT2D eigenvalue weighted by Gasteiger charge is -2.42. The van der Waals surface area contributed by atoms with Gasteiger partial charge in [0.25, 0.3) is 0 Å². The standard InChI is InChI=1S/C16H14FN5O4S/c1-20(26)8-5-21(6-8)14-11(17)4-9-12(23)10(15(24)25)7-22(13(9)19-14)16-18-2-3-27-16/h2-4,7-8,26H,5-6H2,1H3,(H,24,25). The number of anilines is 1. The molecule has 1 saturated heterocycles. The summed E-state index contributed by atoms with van der Waals surface area (Å²) in [5.41, 5.74) is -1.17. The molecule has 1 aliphatic heterocycles. The molecule has 0 aliphatic carbocycles. The molecule has 0 aromatic carbocycles. The zero-order valence-corrected chi connectivity index (χ0v) is 14.9. The first-order valence-corrected chi connectivity index (χ1v) is 8.80. The number of halogens is 1. The maximum atomic E-state index is 14.6. The van der Waals surface area contributed by atoms with Crippen molar-refractivity contribution in [1.82, 2.24) is 19.6 Å². The normalized spacial score (nSPS) is 14.7. The van der Waals surface area contributed by atoms with Crippen molar-refractivity contribution >= 4 is 34.2 Å². The van der Waals surface area contributed by atoms with E-state index in [0.717, 1.165) is 17.3 Å². The van der Waals surface area contributed by atoms with E-state index in [1.54, 1.807) is 10.3 Å². The van der Waals surface area contributed by atoms with Gasteiger partial charge >= 0.3 is 5.97 Å². The molecule has 4 heterocycles. The van der Waals surface area contributed by atoms with Gasteiger partial charge in [0, 0.05) is 37.9 Å². The van der Waals surface area contributed by atoms with Crippen molar-refractivity contribution in [3.05, 3.63) is 45.4 Å². The molecule has 0 radical (unpaired) electrons. The number of aromatic nitrogens is 3. The molecule has 0 amide bonds. The molecule has 9 nitrogen and oxygen atoms in total. The van der Waals surface area contributed by atoms with Gasteiger partial charge in [-0.1, -0.05) is 0 Å². The molecular weight excluding hydrogens is 377 g/mol. The number of hydrogen-bond donors (Lipinski definition) is 2. The molecule has 0 bridgehead atoms. The number of carboxylic acids is 1. The minimum Gasteiger partial charge on any atom is -0.477 e. The number of likely N-dealkylation sites (N-methyl/N-ethyl adjacent to an activating group) is 1. The van der Waals surface area contributed by atoms with Crippen LogP contribution in [0.15, 0.2) is 28.6 Å². The third-order valence-corrected chi connectivity index (χ3v) is 5.23. The zero-order chi connectivity index (χ0) is 19.3. The first kappa shape index (κ1) is 17.5. The summed E-state index contributed by atoms with van der Waals surface area (Å²) in [6, 6.07) is 0.865. The molecule has 11 heteroatoms. The van der Waals surface area contributed by atoms with Crippen LogP contribution in [0.1, 0.15) is 10.4 Å². The summed E-state index contributed by atoms with van der Waals surface area (Å²) < 4.78 is 16.0. The minimum atomic E-state index is -1.41. The lowest BCUT2D eigenvalue weighted by atomic mass is 10.1. The molecule has 0 unspecified atom stereocenters. The fourth-order valence-corrected chi connectivity index (χ4v) is 3.55. The van der Waals surface area contributed by atoms with Crippen molar-refractivity contribution in [2.24, 2.45) is 0 Å². The molecule has 1 fully saturated rings. The van der Waals surface area contributed by atoms with Crippen molar-refractivity contribution < 1.29 is 19.5 Å². The number of carboxylic acid groups (broad SMARTS) is 1. The second kappa shape index (κ2) is 6.37. The number of thiazole rings is 1. The quantitative estimate of drug-likeness (QED) is 0.638. The van der Waals surface area contributed by atoms with Gasteiger partial charge in [-0.3, -0.25) is 9.36 Å². The lowest BCUT2D eigenvalue weighted by Crippen LogP contribution is -2.58. The Kier molecular flexibility index (Phi) is 4.13. The molecular formula is C16H14FN5O4S. The molecule has 2 N–H and O–H groups in total. The van der Waals surface area contributed by atoms with Crippen molar-refractivity contribution in [1.29, 1.82) is 0 Å². The summed E-state index contributed by atoms with van der Waals surface area (Å²) in [4.78, 5) is 34.0. The Morgan fingerprint density at radius 3 is 2.78 bits per heavy atom. The molecule has 0 atom stereocenters. The van der Waals surface area contributed by atoms with E-state index in [1.165, 1.54) is 29.1 Å². The van der Waals surface area contributed by atoms with Crippen LogP contribution >= 0.6 is 11.3 Å². The van der Waals surface area contributed by atoms with Crippen molar-refractivity contribution in [2.45, 2.75) is 6.04 Å². The highest BCUT2D eigenvalue weighted by Crippen LogP contribution is 2.27. The van der Waals surface area contributed by atoms with Gasteiger partial charge in [-0.25, -0.2) is 19.2 Å². The zero-order valence-electron chi connectivity index (χ0n) is 14.0. The largest absolute Gasteiger partial charge is 0.477 e. The Balaban J connectivity index is 1.92. The first-order chi connectivity index (χ1) is 12.9. The summed E-state index contributed by atoms with van der Waals surface area (Å²) in [6.45, 7) is 0.744. The van der Waals surface area contributed by atoms with Crippen LogP contribution in [-0.2, 0) is 0 Å². The van der Waals surface area contributed by atoms with Crippen LogP contribution in [0.25, 0.3) is 16.2 Å². The van der Waals surface area contributed by atoms with E-state index >= 15 is 0 Å². The van der Waals surface area contributed by atoms with Crippen LogP contribution in [0.5, 0.6) is 0 Å². The molecule has 27 heavy (non-hydrogen) atoms. The second-order valence-corrected chi connectivity index (χ2v) is 7.03. The number of hydrogen-bond acceptors (Lipinski definition) is 8. The highest BCUT2D eigenvalue weighted by molar-refractivity contribution is 7.12. The Bertz CT molecular complexity index is 1090. The molecule has 1 aliphatic rings.